The van der Waals surface area contributed by atoms with Crippen LogP contribution in [0.15, 0.2) is 0 Å². The summed E-state index contributed by atoms with van der Waals surface area (Å²) in [7, 11) is -4.09. The zero-order valence-corrected chi connectivity index (χ0v) is 36.6. The first kappa shape index (κ1) is 54.5. The van der Waals surface area contributed by atoms with Gasteiger partial charge in [-0.2, -0.15) is 8.42 Å². The smallest absolute Gasteiger partial charge is 0.264 e. The lowest BCUT2D eigenvalue weighted by molar-refractivity contribution is -0.0306. The van der Waals surface area contributed by atoms with Gasteiger partial charge in [0.25, 0.3) is 10.1 Å². The van der Waals surface area contributed by atoms with Crippen LogP contribution in [-0.4, -0.2) is 165 Å². The molecule has 0 amide bonds. The van der Waals surface area contributed by atoms with Gasteiger partial charge < -0.3 is 39.4 Å². The quantitative estimate of drug-likeness (QED) is 0.0411. The van der Waals surface area contributed by atoms with Gasteiger partial charge in [0.15, 0.2) is 0 Å². The van der Waals surface area contributed by atoms with E-state index in [1.165, 1.54) is 0 Å². The molecule has 7 unspecified atom stereocenters. The van der Waals surface area contributed by atoms with E-state index in [9.17, 15) is 28.8 Å². The van der Waals surface area contributed by atoms with Crippen molar-refractivity contribution in [2.24, 2.45) is 17.8 Å². The van der Waals surface area contributed by atoms with Gasteiger partial charge in [0, 0.05) is 65.7 Å². The van der Waals surface area contributed by atoms with Crippen LogP contribution in [0.1, 0.15) is 125 Å². The van der Waals surface area contributed by atoms with Crippen LogP contribution in [-0.2, 0) is 29.1 Å². The number of hydrogen-bond acceptors (Lipinski definition) is 12. The molecule has 14 heteroatoms. The van der Waals surface area contributed by atoms with Crippen LogP contribution in [0.2, 0.25) is 0 Å². The first-order valence-corrected chi connectivity index (χ1v) is 23.3. The molecule has 0 rings (SSSR count). The Morgan fingerprint density at radius 3 is 1.05 bits per heavy atom. The standard InChI is InChI=1S/C41H86N2O11S/c1-7-13-17-35(10-4)28-52-32-39(45)25-42(24-38(44)31-51-22-16-23-55(48,49)50)20-21-43(26-40(46)33-53-29-36(11-5)18-14-8-2)27-41(47)34-54-30-37(12-6)19-15-9-3/h35-41,44-47H,7-34H2,1-6H3,(H,48,49,50). The fourth-order valence-corrected chi connectivity index (χ4v) is 7.05. The van der Waals surface area contributed by atoms with Gasteiger partial charge in [-0.1, -0.05) is 99.3 Å². The molecule has 0 aliphatic carbocycles. The third-order valence-electron chi connectivity index (χ3n) is 10.2. The lowest BCUT2D eigenvalue weighted by Crippen LogP contribution is -2.47. The van der Waals surface area contributed by atoms with Gasteiger partial charge in [-0.15, -0.1) is 0 Å². The maximum atomic E-state index is 11.1. The maximum Gasteiger partial charge on any atom is 0.264 e. The highest BCUT2D eigenvalue weighted by molar-refractivity contribution is 7.85. The van der Waals surface area contributed by atoms with Crippen molar-refractivity contribution < 1.29 is 52.3 Å². The van der Waals surface area contributed by atoms with Gasteiger partial charge in [-0.3, -0.25) is 14.4 Å². The molecule has 13 nitrogen and oxygen atoms in total. The number of unbranched alkanes of at least 4 members (excludes halogenated alkanes) is 3. The summed E-state index contributed by atoms with van der Waals surface area (Å²) in [5.74, 6) is 0.935. The summed E-state index contributed by atoms with van der Waals surface area (Å²) in [5.41, 5.74) is 0. The molecular formula is C41H86N2O11S. The van der Waals surface area contributed by atoms with E-state index >= 15 is 0 Å². The van der Waals surface area contributed by atoms with Crippen LogP contribution < -0.4 is 0 Å². The molecule has 0 aromatic heterocycles. The molecule has 0 aliphatic rings. The third kappa shape index (κ3) is 33.1. The summed E-state index contributed by atoms with van der Waals surface area (Å²) in [6.45, 7) is 17.1. The van der Waals surface area contributed by atoms with Crippen molar-refractivity contribution in [1.29, 1.82) is 0 Å². The van der Waals surface area contributed by atoms with E-state index in [1.54, 1.807) is 0 Å². The summed E-state index contributed by atoms with van der Waals surface area (Å²) in [5, 5.41) is 44.0. The zero-order valence-electron chi connectivity index (χ0n) is 35.8. The van der Waals surface area contributed by atoms with Gasteiger partial charge in [0.05, 0.1) is 56.6 Å². The molecule has 0 saturated heterocycles. The summed E-state index contributed by atoms with van der Waals surface area (Å²) in [6.07, 6.45) is 10.0. The minimum atomic E-state index is -4.09. The molecule has 7 atom stereocenters. The zero-order chi connectivity index (χ0) is 41.3. The fourth-order valence-electron chi connectivity index (χ4n) is 6.57. The van der Waals surface area contributed by atoms with Crippen molar-refractivity contribution >= 4 is 10.1 Å². The predicted octanol–water partition coefficient (Wildman–Crippen LogP) is 5.03. The second-order valence-corrected chi connectivity index (χ2v) is 17.3. The molecule has 0 heterocycles. The largest absolute Gasteiger partial charge is 0.389 e. The van der Waals surface area contributed by atoms with Crippen molar-refractivity contribution in [2.45, 2.75) is 149 Å². The van der Waals surface area contributed by atoms with E-state index in [-0.39, 0.29) is 65.6 Å². The fraction of sp³-hybridized carbons (Fsp3) is 1.00. The number of nitrogens with zero attached hydrogens (tertiary/aromatic N) is 2. The molecular weight excluding hydrogens is 729 g/mol. The highest BCUT2D eigenvalue weighted by atomic mass is 32.2. The van der Waals surface area contributed by atoms with Gasteiger partial charge in [-0.05, 0) is 43.4 Å². The average Bonchev–Trinajstić information content (AvgIpc) is 3.13. The van der Waals surface area contributed by atoms with Crippen LogP contribution in [0.25, 0.3) is 0 Å². The minimum absolute atomic E-state index is 0.0476. The Kier molecular flexibility index (Phi) is 35.1. The maximum absolute atomic E-state index is 11.1. The summed E-state index contributed by atoms with van der Waals surface area (Å²) in [4.78, 5) is 3.91. The molecule has 0 aromatic carbocycles. The number of aliphatic hydroxyl groups excluding tert-OH is 4. The summed E-state index contributed by atoms with van der Waals surface area (Å²) < 4.78 is 54.4. The molecule has 55 heavy (non-hydrogen) atoms. The van der Waals surface area contributed by atoms with E-state index < -0.39 is 40.3 Å². The van der Waals surface area contributed by atoms with Crippen LogP contribution in [0.3, 0.4) is 0 Å². The van der Waals surface area contributed by atoms with Crippen molar-refractivity contribution in [2.75, 3.05) is 97.9 Å². The SMILES string of the molecule is CCCCC(CC)COCC(O)CN(CCN(CC(O)COCC(CC)CCCC)CC(O)COCC(CC)CCCC)CC(O)COCCCS(=O)(=O)O. The van der Waals surface area contributed by atoms with Gasteiger partial charge >= 0.3 is 0 Å². The first-order chi connectivity index (χ1) is 26.3. The lowest BCUT2D eigenvalue weighted by atomic mass is 10.0. The van der Waals surface area contributed by atoms with E-state index in [0.29, 0.717) is 50.7 Å². The van der Waals surface area contributed by atoms with Crippen molar-refractivity contribution in [3.05, 3.63) is 0 Å². The number of rotatable bonds is 41. The molecule has 0 radical (unpaired) electrons. The summed E-state index contributed by atoms with van der Waals surface area (Å²) >= 11 is 0. The van der Waals surface area contributed by atoms with E-state index in [2.05, 4.69) is 41.5 Å². The Bertz CT molecular complexity index is 921. The van der Waals surface area contributed by atoms with Gasteiger partial charge in [-0.25, -0.2) is 0 Å². The Morgan fingerprint density at radius 1 is 0.473 bits per heavy atom. The second-order valence-electron chi connectivity index (χ2n) is 15.7. The summed E-state index contributed by atoms with van der Waals surface area (Å²) in [6, 6.07) is 0. The predicted molar refractivity (Wildman–Crippen MR) is 221 cm³/mol. The van der Waals surface area contributed by atoms with E-state index in [1.807, 2.05) is 9.80 Å². The monoisotopic (exact) mass is 815 g/mol. The molecule has 0 aliphatic heterocycles. The Hall–Kier alpha value is -0.490. The van der Waals surface area contributed by atoms with Crippen molar-refractivity contribution in [1.82, 2.24) is 9.80 Å². The van der Waals surface area contributed by atoms with E-state index in [0.717, 1.165) is 77.0 Å². The van der Waals surface area contributed by atoms with E-state index in [4.69, 9.17) is 23.5 Å². The first-order valence-electron chi connectivity index (χ1n) is 21.7. The Labute approximate surface area is 336 Å². The second kappa shape index (κ2) is 35.5. The highest BCUT2D eigenvalue weighted by Crippen LogP contribution is 2.15. The van der Waals surface area contributed by atoms with Crippen molar-refractivity contribution in [3.63, 3.8) is 0 Å². The molecule has 5 N–H and O–H groups in total. The number of aliphatic hydroxyl groups is 4. The molecule has 0 spiro atoms. The average molecular weight is 815 g/mol. The molecule has 0 saturated carbocycles. The van der Waals surface area contributed by atoms with Gasteiger partial charge in [0.2, 0.25) is 0 Å². The molecule has 0 bridgehead atoms. The third-order valence-corrected chi connectivity index (χ3v) is 11.0. The topological polar surface area (TPSA) is 179 Å². The minimum Gasteiger partial charge on any atom is -0.389 e. The number of ether oxygens (including phenoxy) is 4. The normalized spacial score (nSPS) is 16.4. The number of hydrogen-bond donors (Lipinski definition) is 5. The van der Waals surface area contributed by atoms with Crippen LogP contribution in [0.5, 0.6) is 0 Å². The van der Waals surface area contributed by atoms with Gasteiger partial charge in [0.1, 0.15) is 0 Å². The lowest BCUT2D eigenvalue weighted by Gasteiger charge is -2.32. The molecule has 0 aromatic rings. The highest BCUT2D eigenvalue weighted by Gasteiger charge is 2.22. The van der Waals surface area contributed by atoms with Crippen molar-refractivity contribution in [3.8, 4) is 0 Å². The Morgan fingerprint density at radius 2 is 0.782 bits per heavy atom. The van der Waals surface area contributed by atoms with Crippen LogP contribution >= 0.6 is 0 Å². The van der Waals surface area contributed by atoms with Crippen LogP contribution in [0.4, 0.5) is 0 Å². The molecule has 0 fully saturated rings. The Balaban J connectivity index is 5.63. The van der Waals surface area contributed by atoms with Crippen LogP contribution in [0, 0.1) is 17.8 Å². The molecule has 332 valence electrons.